The molecule has 0 radical (unpaired) electrons. The van der Waals surface area contributed by atoms with Crippen LogP contribution < -0.4 is 9.80 Å². The summed E-state index contributed by atoms with van der Waals surface area (Å²) in [4.78, 5) is 23.9. The molecule has 290 valence electrons. The van der Waals surface area contributed by atoms with E-state index in [1.54, 1.807) is 24.8 Å². The lowest BCUT2D eigenvalue weighted by Crippen LogP contribution is -2.17. The molecule has 0 amide bonds. The highest BCUT2D eigenvalue weighted by Gasteiger charge is 2.37. The zero-order chi connectivity index (χ0) is 40.9. The van der Waals surface area contributed by atoms with Gasteiger partial charge in [0.15, 0.2) is 11.6 Å². The number of benzene rings is 8. The second-order valence-corrected chi connectivity index (χ2v) is 16.0. The van der Waals surface area contributed by atoms with Gasteiger partial charge in [0.05, 0.1) is 23.8 Å². The van der Waals surface area contributed by atoms with Crippen LogP contribution in [-0.4, -0.2) is 19.9 Å². The molecule has 0 saturated heterocycles. The quantitative estimate of drug-likeness (QED) is 0.113. The molecule has 0 saturated carbocycles. The maximum Gasteiger partial charge on any atom is 0.156 e. The molecular weight excluding hydrogens is 745 g/mol. The largest absolute Gasteiger partial charge is 0.292 e. The summed E-state index contributed by atoms with van der Waals surface area (Å²) in [5, 5.41) is 4.27. The lowest BCUT2D eigenvalue weighted by molar-refractivity contribution is 0.661. The third-order valence-electron chi connectivity index (χ3n) is 12.1. The molecule has 6 heteroatoms. The van der Waals surface area contributed by atoms with Crippen molar-refractivity contribution >= 4 is 55.9 Å². The number of aromatic nitrogens is 4. The molecule has 0 aliphatic heterocycles. The molecule has 2 aromatic heterocycles. The highest BCUT2D eigenvalue weighted by atomic mass is 15.2. The first-order chi connectivity index (χ1) is 30.0. The van der Waals surface area contributed by atoms with E-state index >= 15 is 0 Å². The van der Waals surface area contributed by atoms with Crippen molar-refractivity contribution in [2.75, 3.05) is 9.80 Å². The predicted molar refractivity (Wildman–Crippen MR) is 250 cm³/mol. The first kappa shape index (κ1) is 36.1. The van der Waals surface area contributed by atoms with E-state index in [4.69, 9.17) is 9.97 Å². The minimum absolute atomic E-state index is 0.248. The Morgan fingerprint density at radius 3 is 1.38 bits per heavy atom. The molecule has 61 heavy (non-hydrogen) atoms. The first-order valence-electron chi connectivity index (χ1n) is 20.6. The van der Waals surface area contributed by atoms with Crippen LogP contribution in [0.25, 0.3) is 54.9 Å². The Bertz CT molecular complexity index is 3220. The third-order valence-corrected chi connectivity index (χ3v) is 12.1. The van der Waals surface area contributed by atoms with Crippen LogP contribution in [-0.2, 0) is 5.41 Å². The summed E-state index contributed by atoms with van der Waals surface area (Å²) in [7, 11) is 0. The summed E-state index contributed by atoms with van der Waals surface area (Å²) in [5.74, 6) is 1.44. The van der Waals surface area contributed by atoms with Crippen molar-refractivity contribution in [2.24, 2.45) is 0 Å². The lowest BCUT2D eigenvalue weighted by Gasteiger charge is -2.32. The van der Waals surface area contributed by atoms with Crippen molar-refractivity contribution in [1.82, 2.24) is 19.9 Å². The van der Waals surface area contributed by atoms with E-state index in [0.29, 0.717) is 0 Å². The molecule has 0 spiro atoms. The number of nitrogens with zero attached hydrogens (tertiary/aromatic N) is 6. The average molecular weight is 785 g/mol. The van der Waals surface area contributed by atoms with Gasteiger partial charge in [0.2, 0.25) is 0 Å². The molecule has 1 aliphatic carbocycles. The number of hydrogen-bond acceptors (Lipinski definition) is 6. The van der Waals surface area contributed by atoms with Gasteiger partial charge in [-0.15, -0.1) is 0 Å². The fourth-order valence-corrected chi connectivity index (χ4v) is 9.28. The number of hydrogen-bond donors (Lipinski definition) is 0. The monoisotopic (exact) mass is 784 g/mol. The maximum absolute atomic E-state index is 5.01. The van der Waals surface area contributed by atoms with E-state index in [0.717, 1.165) is 78.2 Å². The standard InChI is InChI=1S/C55H40N6/c1-55(2)49-26-12-11-23-43(49)46-33-47-48(34-50(46)55)54(61(52-36-57-28-30-59-52)42-22-14-20-40(32-42)38-17-7-4-8-18-38)45-25-10-9-24-44(45)53(47)60(51-35-56-27-29-58-51)41-21-13-19-39(31-41)37-15-5-3-6-16-37/h3-36H,1-2H3. The van der Waals surface area contributed by atoms with Gasteiger partial charge in [-0.2, -0.15) is 0 Å². The molecule has 6 nitrogen and oxygen atoms in total. The third kappa shape index (κ3) is 6.11. The van der Waals surface area contributed by atoms with Crippen LogP contribution in [0.2, 0.25) is 0 Å². The molecule has 0 N–H and O–H groups in total. The van der Waals surface area contributed by atoms with Crippen LogP contribution in [0.3, 0.4) is 0 Å². The van der Waals surface area contributed by atoms with E-state index in [1.807, 2.05) is 12.4 Å². The zero-order valence-electron chi connectivity index (χ0n) is 33.8. The molecule has 0 bridgehead atoms. The van der Waals surface area contributed by atoms with Crippen molar-refractivity contribution in [3.63, 3.8) is 0 Å². The number of rotatable bonds is 8. The van der Waals surface area contributed by atoms with Crippen LogP contribution >= 0.6 is 0 Å². The number of fused-ring (bicyclic) bond motifs is 5. The minimum Gasteiger partial charge on any atom is -0.292 e. The SMILES string of the molecule is CC1(C)c2ccccc2-c2cc3c(N(c4cccc(-c5ccccc5)c4)c4cnccn4)c4ccccc4c(N(c4cccc(-c5ccccc5)c4)c4cnccn4)c3cc21. The summed E-state index contributed by atoms with van der Waals surface area (Å²) in [6.07, 6.45) is 10.7. The van der Waals surface area contributed by atoms with E-state index in [9.17, 15) is 0 Å². The van der Waals surface area contributed by atoms with E-state index in [2.05, 4.69) is 203 Å². The predicted octanol–water partition coefficient (Wildman–Crippen LogP) is 14.2. The van der Waals surface area contributed by atoms with Gasteiger partial charge >= 0.3 is 0 Å². The summed E-state index contributed by atoms with van der Waals surface area (Å²) in [5.41, 5.74) is 13.3. The Hall–Kier alpha value is -7.96. The van der Waals surface area contributed by atoms with Gasteiger partial charge in [0.25, 0.3) is 0 Å². The Labute approximate surface area is 355 Å². The Kier molecular flexibility index (Phi) is 8.71. The fraction of sp³-hybridized carbons (Fsp3) is 0.0545. The molecule has 0 atom stereocenters. The molecule has 10 aromatic rings. The van der Waals surface area contributed by atoms with Crippen molar-refractivity contribution in [1.29, 1.82) is 0 Å². The molecule has 0 fully saturated rings. The lowest BCUT2D eigenvalue weighted by atomic mass is 9.81. The highest BCUT2D eigenvalue weighted by Crippen LogP contribution is 2.56. The smallest absolute Gasteiger partial charge is 0.156 e. The van der Waals surface area contributed by atoms with E-state index < -0.39 is 0 Å². The van der Waals surface area contributed by atoms with Gasteiger partial charge in [0.1, 0.15) is 0 Å². The van der Waals surface area contributed by atoms with Gasteiger partial charge < -0.3 is 0 Å². The van der Waals surface area contributed by atoms with Gasteiger partial charge in [-0.1, -0.05) is 147 Å². The average Bonchev–Trinajstić information content (AvgIpc) is 3.55. The van der Waals surface area contributed by atoms with Gasteiger partial charge in [0, 0.05) is 63.1 Å². The topological polar surface area (TPSA) is 58.0 Å². The van der Waals surface area contributed by atoms with Crippen molar-refractivity contribution in [3.05, 3.63) is 218 Å². The molecule has 1 aliphatic rings. The molecule has 8 aromatic carbocycles. The van der Waals surface area contributed by atoms with E-state index in [1.165, 1.54) is 22.3 Å². The summed E-state index contributed by atoms with van der Waals surface area (Å²) in [6.45, 7) is 4.69. The molecular formula is C55H40N6. The van der Waals surface area contributed by atoms with Gasteiger partial charge in [-0.25, -0.2) is 9.97 Å². The van der Waals surface area contributed by atoms with Gasteiger partial charge in [-0.3, -0.25) is 19.8 Å². The second-order valence-electron chi connectivity index (χ2n) is 16.0. The van der Waals surface area contributed by atoms with Crippen LogP contribution in [0.4, 0.5) is 34.4 Å². The maximum atomic E-state index is 5.01. The zero-order valence-corrected chi connectivity index (χ0v) is 33.8. The van der Waals surface area contributed by atoms with Crippen LogP contribution in [0.15, 0.2) is 207 Å². The van der Waals surface area contributed by atoms with Crippen molar-refractivity contribution in [3.8, 4) is 33.4 Å². The molecule has 0 unspecified atom stereocenters. The van der Waals surface area contributed by atoms with Crippen LogP contribution in [0.1, 0.15) is 25.0 Å². The van der Waals surface area contributed by atoms with E-state index in [-0.39, 0.29) is 5.41 Å². The highest BCUT2D eigenvalue weighted by molar-refractivity contribution is 6.24. The summed E-state index contributed by atoms with van der Waals surface area (Å²) in [6, 6.07) is 61.0. The molecule has 11 rings (SSSR count). The normalized spacial score (nSPS) is 12.6. The minimum atomic E-state index is -0.248. The number of anilines is 6. The summed E-state index contributed by atoms with van der Waals surface area (Å²) >= 11 is 0. The Morgan fingerprint density at radius 1 is 0.377 bits per heavy atom. The second kappa shape index (κ2) is 14.7. The summed E-state index contributed by atoms with van der Waals surface area (Å²) < 4.78 is 0. The van der Waals surface area contributed by atoms with Crippen molar-refractivity contribution < 1.29 is 0 Å². The fourth-order valence-electron chi connectivity index (χ4n) is 9.28. The Balaban J connectivity index is 1.28. The first-order valence-corrected chi connectivity index (χ1v) is 20.6. The Morgan fingerprint density at radius 2 is 0.852 bits per heavy atom. The van der Waals surface area contributed by atoms with Crippen LogP contribution in [0, 0.1) is 0 Å². The van der Waals surface area contributed by atoms with Crippen molar-refractivity contribution in [2.45, 2.75) is 19.3 Å². The van der Waals surface area contributed by atoms with Gasteiger partial charge in [-0.05, 0) is 80.9 Å². The molecule has 2 heterocycles. The van der Waals surface area contributed by atoms with Crippen LogP contribution in [0.5, 0.6) is 0 Å².